The average molecular weight is 231 g/mol. The summed E-state index contributed by atoms with van der Waals surface area (Å²) in [7, 11) is 0. The first-order valence-electron chi connectivity index (χ1n) is 5.97. The number of carbonyl (C=O) groups is 1. The maximum absolute atomic E-state index is 13.3. The van der Waals surface area contributed by atoms with Gasteiger partial charge in [0.2, 0.25) is 0 Å². The largest absolute Gasteiger partial charge is 0.298 e. The zero-order valence-electron chi connectivity index (χ0n) is 10.2. The van der Waals surface area contributed by atoms with Crippen molar-refractivity contribution in [3.63, 3.8) is 0 Å². The number of alkyl halides is 2. The Kier molecular flexibility index (Phi) is 2.61. The number of Topliss-reactive ketones (excluding diaryl/α,β-unsaturated/α-hetero) is 1. The Bertz CT molecular complexity index is 314. The molecule has 1 saturated carbocycles. The van der Waals surface area contributed by atoms with Crippen LogP contribution in [0, 0.1) is 11.8 Å². The van der Waals surface area contributed by atoms with Crippen LogP contribution in [0.15, 0.2) is 0 Å². The Morgan fingerprint density at radius 1 is 1.31 bits per heavy atom. The molecule has 1 heterocycles. The first-order valence-corrected chi connectivity index (χ1v) is 5.97. The Morgan fingerprint density at radius 3 is 2.31 bits per heavy atom. The number of rotatable bonds is 3. The minimum Gasteiger partial charge on any atom is -0.298 e. The first kappa shape index (κ1) is 12.0. The van der Waals surface area contributed by atoms with Crippen LogP contribution in [-0.2, 0) is 4.79 Å². The molecule has 0 unspecified atom stereocenters. The van der Waals surface area contributed by atoms with E-state index >= 15 is 0 Å². The molecular weight excluding hydrogens is 212 g/mol. The summed E-state index contributed by atoms with van der Waals surface area (Å²) in [5.41, 5.74) is 0. The Hall–Kier alpha value is -0.510. The van der Waals surface area contributed by atoms with Gasteiger partial charge < -0.3 is 0 Å². The van der Waals surface area contributed by atoms with Crippen LogP contribution in [0.25, 0.3) is 0 Å². The van der Waals surface area contributed by atoms with Crippen LogP contribution in [0.5, 0.6) is 0 Å². The summed E-state index contributed by atoms with van der Waals surface area (Å²) in [4.78, 5) is 13.7. The lowest BCUT2D eigenvalue weighted by Crippen LogP contribution is -2.47. The fourth-order valence-corrected chi connectivity index (χ4v) is 2.95. The van der Waals surface area contributed by atoms with Gasteiger partial charge in [-0.2, -0.15) is 0 Å². The second-order valence-electron chi connectivity index (χ2n) is 5.58. The van der Waals surface area contributed by atoms with Crippen molar-refractivity contribution in [2.24, 2.45) is 11.8 Å². The van der Waals surface area contributed by atoms with E-state index in [9.17, 15) is 13.6 Å². The summed E-state index contributed by atoms with van der Waals surface area (Å²) in [6.45, 7) is 7.45. The van der Waals surface area contributed by atoms with E-state index in [1.165, 1.54) is 0 Å². The molecule has 2 nitrogen and oxygen atoms in total. The lowest BCUT2D eigenvalue weighted by Gasteiger charge is -2.32. The summed E-state index contributed by atoms with van der Waals surface area (Å²) >= 11 is 0. The summed E-state index contributed by atoms with van der Waals surface area (Å²) in [5, 5.41) is 0. The highest BCUT2D eigenvalue weighted by atomic mass is 19.3. The van der Waals surface area contributed by atoms with Crippen LogP contribution in [0.1, 0.15) is 34.1 Å². The SMILES string of the molecule is CC(C)C(=O)[C@@H]1C[C@@H]2[C@H](N1C(C)C)C2(F)F. The molecule has 0 bridgehead atoms. The number of nitrogens with zero attached hydrogens (tertiary/aromatic N) is 1. The van der Waals surface area contributed by atoms with Crippen molar-refractivity contribution in [2.45, 2.75) is 58.2 Å². The van der Waals surface area contributed by atoms with E-state index in [2.05, 4.69) is 0 Å². The molecule has 2 rings (SSSR count). The molecule has 0 aromatic rings. The smallest absolute Gasteiger partial charge is 0.268 e. The molecule has 16 heavy (non-hydrogen) atoms. The van der Waals surface area contributed by atoms with Gasteiger partial charge in [-0.3, -0.25) is 9.69 Å². The van der Waals surface area contributed by atoms with Crippen LogP contribution in [0.4, 0.5) is 8.78 Å². The van der Waals surface area contributed by atoms with Gasteiger partial charge in [-0.05, 0) is 20.3 Å². The number of hydrogen-bond donors (Lipinski definition) is 0. The van der Waals surface area contributed by atoms with Gasteiger partial charge in [-0.1, -0.05) is 13.8 Å². The standard InChI is InChI=1S/C12H19F2NO/c1-6(2)10(16)9-5-8-11(12(8,13)14)15(9)7(3)4/h6-9,11H,5H2,1-4H3/t8-,9+,11+/m1/s1. The summed E-state index contributed by atoms with van der Waals surface area (Å²) < 4.78 is 26.7. The van der Waals surface area contributed by atoms with E-state index in [0.29, 0.717) is 6.42 Å². The molecule has 0 spiro atoms. The van der Waals surface area contributed by atoms with E-state index in [1.807, 2.05) is 27.7 Å². The Labute approximate surface area is 95.0 Å². The number of likely N-dealkylation sites (tertiary alicyclic amines) is 1. The molecule has 3 atom stereocenters. The zero-order chi connectivity index (χ0) is 12.2. The average Bonchev–Trinajstić information content (AvgIpc) is 2.61. The van der Waals surface area contributed by atoms with Crippen molar-refractivity contribution in [2.75, 3.05) is 0 Å². The molecular formula is C12H19F2NO. The van der Waals surface area contributed by atoms with Crippen molar-refractivity contribution < 1.29 is 13.6 Å². The highest BCUT2D eigenvalue weighted by Gasteiger charge is 2.76. The van der Waals surface area contributed by atoms with Crippen LogP contribution in [-0.4, -0.2) is 34.7 Å². The number of halogens is 2. The molecule has 2 fully saturated rings. The molecule has 0 N–H and O–H groups in total. The fourth-order valence-electron chi connectivity index (χ4n) is 2.95. The van der Waals surface area contributed by atoms with Gasteiger partial charge in [0.1, 0.15) is 0 Å². The summed E-state index contributed by atoms with van der Waals surface area (Å²) in [6.07, 6.45) is 0.340. The van der Waals surface area contributed by atoms with Crippen LogP contribution < -0.4 is 0 Å². The number of fused-ring (bicyclic) bond motifs is 1. The summed E-state index contributed by atoms with van der Waals surface area (Å²) in [6, 6.07) is -0.953. The van der Waals surface area contributed by atoms with Gasteiger partial charge in [0.05, 0.1) is 12.1 Å². The van der Waals surface area contributed by atoms with Gasteiger partial charge in [0.25, 0.3) is 5.92 Å². The maximum Gasteiger partial charge on any atom is 0.268 e. The number of ketones is 1. The molecule has 0 aromatic carbocycles. The molecule has 1 aliphatic heterocycles. The monoisotopic (exact) mass is 231 g/mol. The van der Waals surface area contributed by atoms with Gasteiger partial charge in [-0.25, -0.2) is 8.78 Å². The van der Waals surface area contributed by atoms with Crippen molar-refractivity contribution in [3.05, 3.63) is 0 Å². The first-order chi connectivity index (χ1) is 7.28. The molecule has 4 heteroatoms. The van der Waals surface area contributed by atoms with Crippen molar-refractivity contribution in [1.82, 2.24) is 4.90 Å². The van der Waals surface area contributed by atoms with E-state index in [-0.39, 0.29) is 23.8 Å². The van der Waals surface area contributed by atoms with E-state index in [0.717, 1.165) is 0 Å². The fraction of sp³-hybridized carbons (Fsp3) is 0.917. The highest BCUT2D eigenvalue weighted by Crippen LogP contribution is 2.60. The molecule has 92 valence electrons. The third kappa shape index (κ3) is 1.50. The maximum atomic E-state index is 13.3. The normalized spacial score (nSPS) is 36.9. The van der Waals surface area contributed by atoms with Gasteiger partial charge in [0, 0.05) is 17.9 Å². The minimum absolute atomic E-state index is 0.0103. The second kappa shape index (κ2) is 3.49. The van der Waals surface area contributed by atoms with Crippen LogP contribution in [0.2, 0.25) is 0 Å². The van der Waals surface area contributed by atoms with Crippen molar-refractivity contribution >= 4 is 5.78 Å². The molecule has 2 aliphatic rings. The van der Waals surface area contributed by atoms with Crippen LogP contribution >= 0.6 is 0 Å². The number of piperidine rings is 1. The number of hydrogen-bond acceptors (Lipinski definition) is 2. The lowest BCUT2D eigenvalue weighted by atomic mass is 9.97. The van der Waals surface area contributed by atoms with Gasteiger partial charge in [0.15, 0.2) is 5.78 Å². The third-order valence-electron chi connectivity index (χ3n) is 3.81. The van der Waals surface area contributed by atoms with Crippen LogP contribution in [0.3, 0.4) is 0 Å². The van der Waals surface area contributed by atoms with Gasteiger partial charge >= 0.3 is 0 Å². The molecule has 0 aromatic heterocycles. The van der Waals surface area contributed by atoms with Crippen molar-refractivity contribution in [3.8, 4) is 0 Å². The molecule has 0 radical (unpaired) electrons. The molecule has 0 amide bonds. The molecule has 1 aliphatic carbocycles. The topological polar surface area (TPSA) is 20.3 Å². The number of carbonyl (C=O) groups excluding carboxylic acids is 1. The Morgan fingerprint density at radius 2 is 1.88 bits per heavy atom. The van der Waals surface area contributed by atoms with E-state index in [4.69, 9.17) is 0 Å². The zero-order valence-corrected chi connectivity index (χ0v) is 10.2. The third-order valence-corrected chi connectivity index (χ3v) is 3.81. The van der Waals surface area contributed by atoms with Crippen molar-refractivity contribution in [1.29, 1.82) is 0 Å². The van der Waals surface area contributed by atoms with Gasteiger partial charge in [-0.15, -0.1) is 0 Å². The summed E-state index contributed by atoms with van der Waals surface area (Å²) in [5.74, 6) is -3.10. The van der Waals surface area contributed by atoms with E-state index < -0.39 is 17.9 Å². The second-order valence-corrected chi connectivity index (χ2v) is 5.58. The van der Waals surface area contributed by atoms with E-state index in [1.54, 1.807) is 4.90 Å². The lowest BCUT2D eigenvalue weighted by molar-refractivity contribution is -0.129. The predicted octanol–water partition coefficient (Wildman–Crippen LogP) is 2.33. The predicted molar refractivity (Wildman–Crippen MR) is 57.5 cm³/mol. The highest BCUT2D eigenvalue weighted by molar-refractivity contribution is 5.86. The minimum atomic E-state index is -2.56. The quantitative estimate of drug-likeness (QED) is 0.743. The molecule has 1 saturated heterocycles. The Balaban J connectivity index is 2.16.